The molecule has 0 unspecified atom stereocenters. The van der Waals surface area contributed by atoms with Gasteiger partial charge in [0.2, 0.25) is 5.91 Å². The van der Waals surface area contributed by atoms with Gasteiger partial charge in [-0.25, -0.2) is 9.78 Å². The van der Waals surface area contributed by atoms with Crippen LogP contribution in [0.3, 0.4) is 0 Å². The molecule has 0 saturated heterocycles. The predicted octanol–water partition coefficient (Wildman–Crippen LogP) is 3.36. The lowest BCUT2D eigenvalue weighted by Gasteiger charge is -2.09. The Morgan fingerprint density at radius 1 is 1.06 bits per heavy atom. The standard InChI is InChI=1S/C20H20N4O6S/c1-28-8-9-30-20(27)23-14-5-2-4-13(10-14)21-17(25)11-15-12-31-19(22-15)24-18(26)16-6-3-7-29-16/h2-7,10,12H,8-9,11H2,1H3,(H,21,25)(H,23,27)(H,22,24,26). The third-order valence-electron chi connectivity index (χ3n) is 3.77. The van der Waals surface area contributed by atoms with Gasteiger partial charge in [0.05, 0.1) is 25.0 Å². The number of ether oxygens (including phenoxy) is 2. The zero-order valence-electron chi connectivity index (χ0n) is 16.5. The number of anilines is 3. The maximum atomic E-state index is 12.3. The fourth-order valence-electron chi connectivity index (χ4n) is 2.43. The first-order chi connectivity index (χ1) is 15.0. The van der Waals surface area contributed by atoms with Gasteiger partial charge < -0.3 is 19.2 Å². The van der Waals surface area contributed by atoms with Crippen molar-refractivity contribution in [3.05, 3.63) is 59.5 Å². The van der Waals surface area contributed by atoms with E-state index in [1.54, 1.807) is 41.8 Å². The number of carbonyl (C=O) groups is 3. The molecular weight excluding hydrogens is 424 g/mol. The molecule has 3 rings (SSSR count). The number of carbonyl (C=O) groups excluding carboxylic acids is 3. The number of hydrogen-bond acceptors (Lipinski definition) is 8. The number of aromatic nitrogens is 1. The molecular formula is C20H20N4O6S. The van der Waals surface area contributed by atoms with Gasteiger partial charge in [0.1, 0.15) is 6.61 Å². The molecule has 2 aromatic heterocycles. The summed E-state index contributed by atoms with van der Waals surface area (Å²) in [5.41, 5.74) is 1.48. The summed E-state index contributed by atoms with van der Waals surface area (Å²) in [6.07, 6.45) is 0.803. The molecule has 0 radical (unpaired) electrons. The van der Waals surface area contributed by atoms with E-state index in [-0.39, 0.29) is 24.7 Å². The van der Waals surface area contributed by atoms with Crippen molar-refractivity contribution in [2.45, 2.75) is 6.42 Å². The number of methoxy groups -OCH3 is 1. The highest BCUT2D eigenvalue weighted by Gasteiger charge is 2.13. The van der Waals surface area contributed by atoms with Crippen molar-refractivity contribution in [2.75, 3.05) is 36.3 Å². The van der Waals surface area contributed by atoms with Gasteiger partial charge in [-0.15, -0.1) is 11.3 Å². The number of hydrogen-bond donors (Lipinski definition) is 3. The van der Waals surface area contributed by atoms with E-state index in [1.165, 1.54) is 24.7 Å². The summed E-state index contributed by atoms with van der Waals surface area (Å²) in [6.45, 7) is 0.435. The first-order valence-corrected chi connectivity index (χ1v) is 10.0. The molecule has 162 valence electrons. The van der Waals surface area contributed by atoms with E-state index >= 15 is 0 Å². The van der Waals surface area contributed by atoms with Gasteiger partial charge in [-0.3, -0.25) is 20.2 Å². The Balaban J connectivity index is 1.50. The summed E-state index contributed by atoms with van der Waals surface area (Å²) in [4.78, 5) is 40.2. The molecule has 3 aromatic rings. The van der Waals surface area contributed by atoms with Crippen LogP contribution in [0.4, 0.5) is 21.3 Å². The van der Waals surface area contributed by atoms with E-state index in [2.05, 4.69) is 20.9 Å². The largest absolute Gasteiger partial charge is 0.459 e. The number of thiazole rings is 1. The molecule has 0 fully saturated rings. The minimum atomic E-state index is -0.618. The highest BCUT2D eigenvalue weighted by molar-refractivity contribution is 7.14. The third-order valence-corrected chi connectivity index (χ3v) is 4.58. The van der Waals surface area contributed by atoms with Gasteiger partial charge in [-0.05, 0) is 30.3 Å². The van der Waals surface area contributed by atoms with Gasteiger partial charge in [0, 0.05) is 23.9 Å². The molecule has 3 N–H and O–H groups in total. The van der Waals surface area contributed by atoms with E-state index < -0.39 is 12.0 Å². The van der Waals surface area contributed by atoms with Gasteiger partial charge in [0.25, 0.3) is 5.91 Å². The first-order valence-electron chi connectivity index (χ1n) is 9.15. The minimum absolute atomic E-state index is 0.0177. The molecule has 0 atom stereocenters. The summed E-state index contributed by atoms with van der Waals surface area (Å²) in [7, 11) is 1.51. The van der Waals surface area contributed by atoms with E-state index in [0.29, 0.717) is 28.8 Å². The molecule has 0 aliphatic heterocycles. The van der Waals surface area contributed by atoms with Gasteiger partial charge >= 0.3 is 6.09 Å². The second-order valence-electron chi connectivity index (χ2n) is 6.13. The second kappa shape index (κ2) is 10.9. The van der Waals surface area contributed by atoms with E-state index in [9.17, 15) is 14.4 Å². The summed E-state index contributed by atoms with van der Waals surface area (Å²) < 4.78 is 14.8. The lowest BCUT2D eigenvalue weighted by Crippen LogP contribution is -2.17. The van der Waals surface area contributed by atoms with Crippen molar-refractivity contribution in [2.24, 2.45) is 0 Å². The van der Waals surface area contributed by atoms with Crippen LogP contribution < -0.4 is 16.0 Å². The molecule has 0 bridgehead atoms. The van der Waals surface area contributed by atoms with Crippen molar-refractivity contribution in [3.8, 4) is 0 Å². The number of benzene rings is 1. The Hall–Kier alpha value is -3.70. The van der Waals surface area contributed by atoms with Crippen molar-refractivity contribution < 1.29 is 28.3 Å². The maximum absolute atomic E-state index is 12.3. The highest BCUT2D eigenvalue weighted by Crippen LogP contribution is 2.19. The Bertz CT molecular complexity index is 1030. The number of amides is 3. The molecule has 0 aliphatic rings. The monoisotopic (exact) mass is 444 g/mol. The topological polar surface area (TPSA) is 132 Å². The quantitative estimate of drug-likeness (QED) is 0.431. The molecule has 1 aromatic carbocycles. The van der Waals surface area contributed by atoms with Crippen LogP contribution in [-0.2, 0) is 20.7 Å². The SMILES string of the molecule is COCCOC(=O)Nc1cccc(NC(=O)Cc2csc(NC(=O)c3ccco3)n2)c1. The average molecular weight is 444 g/mol. The lowest BCUT2D eigenvalue weighted by molar-refractivity contribution is -0.115. The van der Waals surface area contributed by atoms with Crippen LogP contribution in [0.1, 0.15) is 16.2 Å². The van der Waals surface area contributed by atoms with Crippen LogP contribution in [0, 0.1) is 0 Å². The van der Waals surface area contributed by atoms with Gasteiger partial charge in [-0.2, -0.15) is 0 Å². The van der Waals surface area contributed by atoms with Crippen molar-refractivity contribution in [1.29, 1.82) is 0 Å². The van der Waals surface area contributed by atoms with Gasteiger partial charge in [0.15, 0.2) is 10.9 Å². The molecule has 31 heavy (non-hydrogen) atoms. The fraction of sp³-hybridized carbons (Fsp3) is 0.200. The Kier molecular flexibility index (Phi) is 7.73. The van der Waals surface area contributed by atoms with E-state index in [4.69, 9.17) is 13.9 Å². The smallest absolute Gasteiger partial charge is 0.411 e. The number of nitrogens with zero attached hydrogens (tertiary/aromatic N) is 1. The summed E-state index contributed by atoms with van der Waals surface area (Å²) in [5, 5.41) is 9.97. The summed E-state index contributed by atoms with van der Waals surface area (Å²) in [6, 6.07) is 9.80. The zero-order valence-corrected chi connectivity index (χ0v) is 17.4. The van der Waals surface area contributed by atoms with Crippen LogP contribution in [0.25, 0.3) is 0 Å². The van der Waals surface area contributed by atoms with Crippen LogP contribution in [-0.4, -0.2) is 43.2 Å². The third kappa shape index (κ3) is 6.94. The Labute approximate surface area is 181 Å². The van der Waals surface area contributed by atoms with Crippen LogP contribution in [0.5, 0.6) is 0 Å². The predicted molar refractivity (Wildman–Crippen MR) is 114 cm³/mol. The molecule has 2 heterocycles. The molecule has 0 aliphatic carbocycles. The number of furan rings is 1. The number of rotatable bonds is 9. The van der Waals surface area contributed by atoms with Crippen LogP contribution >= 0.6 is 11.3 Å². The maximum Gasteiger partial charge on any atom is 0.411 e. The highest BCUT2D eigenvalue weighted by atomic mass is 32.1. The normalized spacial score (nSPS) is 10.4. The van der Waals surface area contributed by atoms with Crippen LogP contribution in [0.2, 0.25) is 0 Å². The Morgan fingerprint density at radius 3 is 2.61 bits per heavy atom. The number of nitrogens with one attached hydrogen (secondary N) is 3. The molecule has 11 heteroatoms. The van der Waals surface area contributed by atoms with Crippen molar-refractivity contribution in [3.63, 3.8) is 0 Å². The molecule has 0 saturated carbocycles. The van der Waals surface area contributed by atoms with Gasteiger partial charge in [-0.1, -0.05) is 6.07 Å². The first kappa shape index (κ1) is 22.0. The second-order valence-corrected chi connectivity index (χ2v) is 6.99. The lowest BCUT2D eigenvalue weighted by atomic mass is 10.2. The average Bonchev–Trinajstić information content (AvgIpc) is 3.41. The minimum Gasteiger partial charge on any atom is -0.459 e. The van der Waals surface area contributed by atoms with Crippen molar-refractivity contribution in [1.82, 2.24) is 4.98 Å². The fourth-order valence-corrected chi connectivity index (χ4v) is 3.13. The zero-order chi connectivity index (χ0) is 22.1. The summed E-state index contributed by atoms with van der Waals surface area (Å²) in [5.74, 6) is -0.542. The summed E-state index contributed by atoms with van der Waals surface area (Å²) >= 11 is 1.21. The molecule has 0 spiro atoms. The van der Waals surface area contributed by atoms with E-state index in [0.717, 1.165) is 0 Å². The molecule has 10 nitrogen and oxygen atoms in total. The van der Waals surface area contributed by atoms with Crippen LogP contribution in [0.15, 0.2) is 52.5 Å². The van der Waals surface area contributed by atoms with Crippen molar-refractivity contribution >= 4 is 45.8 Å². The molecule has 3 amide bonds. The van der Waals surface area contributed by atoms with E-state index in [1.807, 2.05) is 0 Å². The Morgan fingerprint density at radius 2 is 1.87 bits per heavy atom.